The molecule has 2 rings (SSSR count). The molecule has 112 valence electrons. The van der Waals surface area contributed by atoms with E-state index in [1.54, 1.807) is 12.1 Å². The van der Waals surface area contributed by atoms with E-state index in [4.69, 9.17) is 14.9 Å². The van der Waals surface area contributed by atoms with Crippen molar-refractivity contribution in [1.29, 1.82) is 0 Å². The summed E-state index contributed by atoms with van der Waals surface area (Å²) in [6.45, 7) is 3.73. The fourth-order valence-corrected chi connectivity index (χ4v) is 2.45. The molecule has 1 fully saturated rings. The van der Waals surface area contributed by atoms with Crippen molar-refractivity contribution >= 4 is 12.1 Å². The van der Waals surface area contributed by atoms with Crippen LogP contribution in [0.2, 0.25) is 0 Å². The lowest BCUT2D eigenvalue weighted by atomic mass is 10.1. The van der Waals surface area contributed by atoms with Gasteiger partial charge < -0.3 is 14.9 Å². The first-order chi connectivity index (χ1) is 10.0. The van der Waals surface area contributed by atoms with E-state index in [0.29, 0.717) is 12.2 Å². The maximum absolute atomic E-state index is 11.1. The van der Waals surface area contributed by atoms with Crippen LogP contribution in [0.3, 0.4) is 0 Å². The van der Waals surface area contributed by atoms with Crippen LogP contribution in [0.25, 0.3) is 0 Å². The van der Waals surface area contributed by atoms with Crippen LogP contribution in [0.1, 0.15) is 12.0 Å². The molecule has 1 aromatic carbocycles. The Bertz CT molecular complexity index is 535. The molecule has 1 aliphatic rings. The number of ether oxygens (including phenoxy) is 1. The van der Waals surface area contributed by atoms with Gasteiger partial charge in [-0.15, -0.1) is 6.58 Å². The van der Waals surface area contributed by atoms with Gasteiger partial charge in [0, 0.05) is 6.42 Å². The number of carbonyl (C=O) groups is 2. The zero-order valence-electron chi connectivity index (χ0n) is 11.4. The highest BCUT2D eigenvalue weighted by atomic mass is 16.5. The van der Waals surface area contributed by atoms with Gasteiger partial charge in [-0.1, -0.05) is 24.3 Å². The predicted molar refractivity (Wildman–Crippen MR) is 75.5 cm³/mol. The number of carboxylic acid groups (broad SMARTS) is 2. The summed E-state index contributed by atoms with van der Waals surface area (Å²) in [6, 6.07) is 6.33. The summed E-state index contributed by atoms with van der Waals surface area (Å²) in [7, 11) is 0. The van der Waals surface area contributed by atoms with Gasteiger partial charge in [0.2, 0.25) is 0 Å². The average Bonchev–Trinajstić information content (AvgIpc) is 2.86. The molecule has 2 N–H and O–H groups in total. The standard InChI is InChI=1S/C15H17NO5/c1-2-5-10-6-3-4-7-13(10)21-11-8-12(14(17)18)16(9-11)15(19)20/h2-4,6-7,11-12H,1,5,8-9H2,(H,17,18)(H,19,20)/t11-,12+/m1/s1. The molecule has 21 heavy (non-hydrogen) atoms. The third-order valence-corrected chi connectivity index (χ3v) is 3.42. The highest BCUT2D eigenvalue weighted by Gasteiger charge is 2.41. The van der Waals surface area contributed by atoms with E-state index in [2.05, 4.69) is 6.58 Å². The van der Waals surface area contributed by atoms with Crippen LogP contribution in [0, 0.1) is 0 Å². The molecule has 0 bridgehead atoms. The fraction of sp³-hybridized carbons (Fsp3) is 0.333. The minimum Gasteiger partial charge on any atom is -0.488 e. The maximum atomic E-state index is 11.1. The first kappa shape index (κ1) is 14.9. The number of aliphatic carboxylic acids is 1. The van der Waals surface area contributed by atoms with Crippen molar-refractivity contribution in [2.45, 2.75) is 25.0 Å². The van der Waals surface area contributed by atoms with Gasteiger partial charge in [0.1, 0.15) is 17.9 Å². The first-order valence-electron chi connectivity index (χ1n) is 6.60. The summed E-state index contributed by atoms with van der Waals surface area (Å²) in [4.78, 5) is 23.1. The van der Waals surface area contributed by atoms with Crippen molar-refractivity contribution in [3.8, 4) is 5.75 Å². The number of hydrogen-bond acceptors (Lipinski definition) is 3. The largest absolute Gasteiger partial charge is 0.488 e. The average molecular weight is 291 g/mol. The molecule has 0 spiro atoms. The molecule has 0 aromatic heterocycles. The van der Waals surface area contributed by atoms with Crippen molar-refractivity contribution < 1.29 is 24.5 Å². The van der Waals surface area contributed by atoms with E-state index >= 15 is 0 Å². The number of benzene rings is 1. The number of carboxylic acids is 1. The van der Waals surface area contributed by atoms with E-state index in [9.17, 15) is 9.59 Å². The van der Waals surface area contributed by atoms with E-state index in [1.807, 2.05) is 18.2 Å². The summed E-state index contributed by atoms with van der Waals surface area (Å²) in [5.41, 5.74) is 0.938. The Balaban J connectivity index is 2.12. The lowest BCUT2D eigenvalue weighted by molar-refractivity contribution is -0.141. The summed E-state index contributed by atoms with van der Waals surface area (Å²) < 4.78 is 5.80. The fourth-order valence-electron chi connectivity index (χ4n) is 2.45. The highest BCUT2D eigenvalue weighted by molar-refractivity contribution is 5.80. The molecular weight excluding hydrogens is 274 g/mol. The molecule has 2 atom stereocenters. The maximum Gasteiger partial charge on any atom is 0.408 e. The summed E-state index contributed by atoms with van der Waals surface area (Å²) in [6.07, 6.45) is 0.819. The number of nitrogens with zero attached hydrogens (tertiary/aromatic N) is 1. The van der Waals surface area contributed by atoms with E-state index in [0.717, 1.165) is 10.5 Å². The van der Waals surface area contributed by atoms with Gasteiger partial charge in [0.25, 0.3) is 0 Å². The van der Waals surface area contributed by atoms with Crippen LogP contribution in [0.15, 0.2) is 36.9 Å². The minimum absolute atomic E-state index is 0.0503. The lowest BCUT2D eigenvalue weighted by Crippen LogP contribution is -2.39. The van der Waals surface area contributed by atoms with Gasteiger partial charge >= 0.3 is 12.1 Å². The minimum atomic E-state index is -1.24. The lowest BCUT2D eigenvalue weighted by Gasteiger charge is -2.17. The number of para-hydroxylation sites is 1. The number of hydrogen-bond donors (Lipinski definition) is 2. The predicted octanol–water partition coefficient (Wildman–Crippen LogP) is 2.00. The molecule has 0 saturated carbocycles. The monoisotopic (exact) mass is 291 g/mol. The van der Waals surface area contributed by atoms with Crippen molar-refractivity contribution in [1.82, 2.24) is 4.90 Å². The first-order valence-corrected chi connectivity index (χ1v) is 6.60. The molecule has 1 aromatic rings. The van der Waals surface area contributed by atoms with Crippen molar-refractivity contribution in [3.63, 3.8) is 0 Å². The Morgan fingerprint density at radius 2 is 2.10 bits per heavy atom. The molecule has 1 heterocycles. The summed E-state index contributed by atoms with van der Waals surface area (Å²) in [5.74, 6) is -0.512. The number of rotatable bonds is 5. The van der Waals surface area contributed by atoms with Crippen LogP contribution >= 0.6 is 0 Å². The van der Waals surface area contributed by atoms with Crippen molar-refractivity contribution in [2.24, 2.45) is 0 Å². The second-order valence-electron chi connectivity index (χ2n) is 4.87. The van der Waals surface area contributed by atoms with Crippen LogP contribution in [0.4, 0.5) is 4.79 Å². The van der Waals surface area contributed by atoms with Gasteiger partial charge in [-0.3, -0.25) is 4.90 Å². The molecule has 1 saturated heterocycles. The number of likely N-dealkylation sites (tertiary alicyclic amines) is 1. The molecule has 6 nitrogen and oxygen atoms in total. The van der Waals surface area contributed by atoms with Gasteiger partial charge in [0.05, 0.1) is 6.54 Å². The normalized spacial score (nSPS) is 21.0. The van der Waals surface area contributed by atoms with Crippen molar-refractivity contribution in [3.05, 3.63) is 42.5 Å². The quantitative estimate of drug-likeness (QED) is 0.810. The van der Waals surface area contributed by atoms with Crippen LogP contribution in [0.5, 0.6) is 5.75 Å². The second kappa shape index (κ2) is 6.30. The Labute approximate surface area is 122 Å². The molecule has 0 aliphatic carbocycles. The van der Waals surface area contributed by atoms with E-state index in [-0.39, 0.29) is 13.0 Å². The van der Waals surface area contributed by atoms with Crippen LogP contribution in [-0.4, -0.2) is 45.9 Å². The second-order valence-corrected chi connectivity index (χ2v) is 4.87. The van der Waals surface area contributed by atoms with Gasteiger partial charge in [-0.2, -0.15) is 0 Å². The number of amides is 1. The van der Waals surface area contributed by atoms with Gasteiger partial charge in [-0.25, -0.2) is 9.59 Å². The Morgan fingerprint density at radius 1 is 1.38 bits per heavy atom. The third kappa shape index (κ3) is 3.34. The molecule has 0 radical (unpaired) electrons. The van der Waals surface area contributed by atoms with Gasteiger partial charge in [-0.05, 0) is 18.1 Å². The number of allylic oxidation sites excluding steroid dienone is 1. The van der Waals surface area contributed by atoms with Crippen molar-refractivity contribution in [2.75, 3.05) is 6.54 Å². The Hall–Kier alpha value is -2.50. The summed E-state index contributed by atoms with van der Waals surface area (Å²) >= 11 is 0. The summed E-state index contributed by atoms with van der Waals surface area (Å²) in [5, 5.41) is 18.1. The third-order valence-electron chi connectivity index (χ3n) is 3.42. The molecule has 0 unspecified atom stereocenters. The smallest absolute Gasteiger partial charge is 0.408 e. The molecule has 1 aliphatic heterocycles. The Kier molecular flexibility index (Phi) is 4.47. The van der Waals surface area contributed by atoms with Crippen LogP contribution in [-0.2, 0) is 11.2 Å². The van der Waals surface area contributed by atoms with E-state index in [1.165, 1.54) is 0 Å². The zero-order chi connectivity index (χ0) is 15.4. The SMILES string of the molecule is C=CCc1ccccc1O[C@@H]1C[C@@H](C(=O)O)N(C(=O)O)C1. The topological polar surface area (TPSA) is 87.1 Å². The van der Waals surface area contributed by atoms with Crippen LogP contribution < -0.4 is 4.74 Å². The molecule has 6 heteroatoms. The highest BCUT2D eigenvalue weighted by Crippen LogP contribution is 2.26. The van der Waals surface area contributed by atoms with E-state index < -0.39 is 24.2 Å². The molecule has 1 amide bonds. The van der Waals surface area contributed by atoms with Gasteiger partial charge in [0.15, 0.2) is 0 Å². The zero-order valence-corrected chi connectivity index (χ0v) is 11.4. The Morgan fingerprint density at radius 3 is 2.67 bits per heavy atom. The molecular formula is C15H17NO5.